The molecule has 9 heteroatoms. The first-order valence-corrected chi connectivity index (χ1v) is 13.3. The second-order valence-electron chi connectivity index (χ2n) is 9.39. The van der Waals surface area contributed by atoms with E-state index in [2.05, 4.69) is 39.8 Å². The summed E-state index contributed by atoms with van der Waals surface area (Å²) < 4.78 is 19.6. The van der Waals surface area contributed by atoms with Gasteiger partial charge in [0.05, 0.1) is 24.5 Å². The molecule has 40 heavy (non-hydrogen) atoms. The zero-order valence-electron chi connectivity index (χ0n) is 23.1. The van der Waals surface area contributed by atoms with Crippen LogP contribution in [0.15, 0.2) is 84.3 Å². The number of hydrogen-bond donors (Lipinski definition) is 2. The number of carbonyl (C=O) groups excluding carboxylic acids is 1. The van der Waals surface area contributed by atoms with Crippen molar-refractivity contribution in [3.63, 3.8) is 0 Å². The van der Waals surface area contributed by atoms with Crippen molar-refractivity contribution in [3.05, 3.63) is 101 Å². The second-order valence-corrected chi connectivity index (χ2v) is 9.39. The molecule has 4 aromatic rings. The summed E-state index contributed by atoms with van der Waals surface area (Å²) in [5, 5.41) is 10.7. The third-order valence-corrected chi connectivity index (χ3v) is 6.53. The lowest BCUT2D eigenvalue weighted by atomic mass is 9.94. The van der Waals surface area contributed by atoms with Crippen molar-refractivity contribution in [2.45, 2.75) is 40.3 Å². The Morgan fingerprint density at radius 1 is 0.925 bits per heavy atom. The van der Waals surface area contributed by atoms with Gasteiger partial charge in [-0.15, -0.1) is 0 Å². The van der Waals surface area contributed by atoms with E-state index in [4.69, 9.17) is 14.2 Å². The Balaban J connectivity index is 1.49. The van der Waals surface area contributed by atoms with E-state index >= 15 is 0 Å². The van der Waals surface area contributed by atoms with Gasteiger partial charge in [0.1, 0.15) is 24.7 Å². The molecule has 206 valence electrons. The molecular formula is C31H33N5O4. The first-order valence-electron chi connectivity index (χ1n) is 13.3. The average molecular weight is 540 g/mol. The molecule has 1 amide bonds. The lowest BCUT2D eigenvalue weighted by Gasteiger charge is -2.29. The highest BCUT2D eigenvalue weighted by Gasteiger charge is 2.34. The van der Waals surface area contributed by atoms with E-state index < -0.39 is 6.04 Å². The van der Waals surface area contributed by atoms with Crippen molar-refractivity contribution in [1.82, 2.24) is 14.8 Å². The van der Waals surface area contributed by atoms with E-state index in [9.17, 15) is 4.79 Å². The summed E-state index contributed by atoms with van der Waals surface area (Å²) in [4.78, 5) is 18.2. The molecule has 0 aliphatic carbocycles. The summed E-state index contributed by atoms with van der Waals surface area (Å²) in [6.45, 7) is 9.10. The predicted molar refractivity (Wildman–Crippen MR) is 154 cm³/mol. The zero-order valence-corrected chi connectivity index (χ0v) is 23.1. The fraction of sp³-hybridized carbons (Fsp3) is 0.258. The second kappa shape index (κ2) is 11.9. The Hall–Kier alpha value is -4.79. The number of fused-ring (bicyclic) bond motifs is 1. The Bertz CT molecular complexity index is 1540. The van der Waals surface area contributed by atoms with Crippen molar-refractivity contribution in [1.29, 1.82) is 0 Å². The van der Waals surface area contributed by atoms with Crippen molar-refractivity contribution in [2.75, 3.05) is 23.8 Å². The smallest absolute Gasteiger partial charge is 0.255 e. The maximum atomic E-state index is 13.8. The van der Waals surface area contributed by atoms with E-state index in [1.165, 1.54) is 11.9 Å². The zero-order chi connectivity index (χ0) is 28.1. The van der Waals surface area contributed by atoms with Gasteiger partial charge in [-0.3, -0.25) is 4.79 Å². The highest BCUT2D eigenvalue weighted by molar-refractivity contribution is 6.06. The standard InChI is InChI=1S/C31H33N5O4/c1-5-38-25-13-8-7-12-24(25)35-30(37)28-21(4)34-31-32-19-33-36(31)29(28)23-14-15-26(27(17-23)39-6-2)40-18-22-11-9-10-20(3)16-22/h7-17,19,29H,5-6,18H2,1-4H3,(H,35,37)(H,32,33,34). The molecule has 9 nitrogen and oxygen atoms in total. The Morgan fingerprint density at radius 3 is 2.52 bits per heavy atom. The molecule has 2 heterocycles. The van der Waals surface area contributed by atoms with Crippen LogP contribution in [0.25, 0.3) is 0 Å². The number of rotatable bonds is 10. The van der Waals surface area contributed by atoms with E-state index in [1.54, 1.807) is 4.68 Å². The summed E-state index contributed by atoms with van der Waals surface area (Å²) in [5.74, 6) is 2.09. The molecule has 3 aromatic carbocycles. The Labute approximate surface area is 233 Å². The number of hydrogen-bond acceptors (Lipinski definition) is 7. The minimum Gasteiger partial charge on any atom is -0.492 e. The Morgan fingerprint density at radius 2 is 1.73 bits per heavy atom. The van der Waals surface area contributed by atoms with Crippen LogP contribution in [0.2, 0.25) is 0 Å². The molecule has 1 unspecified atom stereocenters. The van der Waals surface area contributed by atoms with E-state index in [1.807, 2.05) is 75.4 Å². The van der Waals surface area contributed by atoms with Crippen LogP contribution >= 0.6 is 0 Å². The van der Waals surface area contributed by atoms with Gasteiger partial charge in [-0.25, -0.2) is 4.68 Å². The molecule has 1 aromatic heterocycles. The lowest BCUT2D eigenvalue weighted by Crippen LogP contribution is -2.31. The molecule has 1 aliphatic heterocycles. The van der Waals surface area contributed by atoms with Crippen molar-refractivity contribution in [3.8, 4) is 17.2 Å². The fourth-order valence-corrected chi connectivity index (χ4v) is 4.78. The average Bonchev–Trinajstić information content (AvgIpc) is 3.41. The number of aryl methyl sites for hydroxylation is 1. The van der Waals surface area contributed by atoms with Crippen LogP contribution in [0, 0.1) is 6.92 Å². The quantitative estimate of drug-likeness (QED) is 0.259. The fourth-order valence-electron chi connectivity index (χ4n) is 4.78. The lowest BCUT2D eigenvalue weighted by molar-refractivity contribution is -0.113. The number of nitrogens with one attached hydrogen (secondary N) is 2. The summed E-state index contributed by atoms with van der Waals surface area (Å²) >= 11 is 0. The molecule has 0 saturated heterocycles. The maximum Gasteiger partial charge on any atom is 0.255 e. The van der Waals surface area contributed by atoms with Gasteiger partial charge < -0.3 is 24.8 Å². The number of ether oxygens (including phenoxy) is 3. The number of allylic oxidation sites excluding steroid dienone is 1. The number of aromatic nitrogens is 3. The van der Waals surface area contributed by atoms with Crippen molar-refractivity contribution in [2.24, 2.45) is 0 Å². The summed E-state index contributed by atoms with van der Waals surface area (Å²) in [5.41, 5.74) is 4.82. The molecule has 0 saturated carbocycles. The van der Waals surface area contributed by atoms with Gasteiger partial charge in [-0.05, 0) is 63.1 Å². The van der Waals surface area contributed by atoms with Gasteiger partial charge in [-0.2, -0.15) is 10.1 Å². The number of amides is 1. The molecule has 0 spiro atoms. The molecule has 5 rings (SSSR count). The highest BCUT2D eigenvalue weighted by Crippen LogP contribution is 2.39. The van der Waals surface area contributed by atoms with Crippen LogP contribution in [-0.4, -0.2) is 33.9 Å². The molecule has 2 N–H and O–H groups in total. The summed E-state index contributed by atoms with van der Waals surface area (Å²) in [6.07, 6.45) is 1.47. The molecule has 0 fully saturated rings. The van der Waals surface area contributed by atoms with Crippen LogP contribution in [0.4, 0.5) is 11.6 Å². The number of anilines is 2. The van der Waals surface area contributed by atoms with Crippen molar-refractivity contribution >= 4 is 17.5 Å². The van der Waals surface area contributed by atoms with Gasteiger partial charge in [-0.1, -0.05) is 48.0 Å². The SMILES string of the molecule is CCOc1ccccc1NC(=O)C1=C(C)Nc2ncnn2C1c1ccc(OCc2cccc(C)c2)c(OCC)c1. The largest absolute Gasteiger partial charge is 0.492 e. The van der Waals surface area contributed by atoms with Gasteiger partial charge in [0.15, 0.2) is 11.5 Å². The molecular weight excluding hydrogens is 506 g/mol. The molecule has 0 bridgehead atoms. The third kappa shape index (κ3) is 5.63. The number of nitrogens with zero attached hydrogens (tertiary/aromatic N) is 3. The minimum atomic E-state index is -0.553. The van der Waals surface area contributed by atoms with Crippen molar-refractivity contribution < 1.29 is 19.0 Å². The predicted octanol–water partition coefficient (Wildman–Crippen LogP) is 5.89. The first kappa shape index (κ1) is 26.8. The molecule has 1 atom stereocenters. The van der Waals surface area contributed by atoms with E-state index in [0.717, 1.165) is 11.1 Å². The highest BCUT2D eigenvalue weighted by atomic mass is 16.5. The Kier molecular flexibility index (Phi) is 8.00. The van der Waals surface area contributed by atoms with Crippen LogP contribution in [0.1, 0.15) is 43.5 Å². The number of para-hydroxylation sites is 2. The van der Waals surface area contributed by atoms with Crippen LogP contribution < -0.4 is 24.8 Å². The summed E-state index contributed by atoms with van der Waals surface area (Å²) in [6, 6.07) is 20.7. The van der Waals surface area contributed by atoms with Crippen LogP contribution in [0.5, 0.6) is 17.2 Å². The van der Waals surface area contributed by atoms with E-state index in [0.29, 0.717) is 60.0 Å². The van der Waals surface area contributed by atoms with Gasteiger partial charge in [0.25, 0.3) is 5.91 Å². The monoisotopic (exact) mass is 539 g/mol. The van der Waals surface area contributed by atoms with Gasteiger partial charge in [0, 0.05) is 5.70 Å². The third-order valence-electron chi connectivity index (χ3n) is 6.53. The summed E-state index contributed by atoms with van der Waals surface area (Å²) in [7, 11) is 0. The maximum absolute atomic E-state index is 13.8. The topological polar surface area (TPSA) is 99.5 Å². The van der Waals surface area contributed by atoms with Gasteiger partial charge in [0.2, 0.25) is 5.95 Å². The minimum absolute atomic E-state index is 0.277. The van der Waals surface area contributed by atoms with Crippen LogP contribution in [-0.2, 0) is 11.4 Å². The normalized spacial score (nSPS) is 14.2. The first-order chi connectivity index (χ1) is 19.5. The number of benzene rings is 3. The van der Waals surface area contributed by atoms with Crippen LogP contribution in [0.3, 0.4) is 0 Å². The number of carbonyl (C=O) groups is 1. The van der Waals surface area contributed by atoms with Gasteiger partial charge >= 0.3 is 0 Å². The molecule has 1 aliphatic rings. The molecule has 0 radical (unpaired) electrons. The van der Waals surface area contributed by atoms with E-state index in [-0.39, 0.29) is 5.91 Å².